The van der Waals surface area contributed by atoms with Crippen molar-refractivity contribution in [1.82, 2.24) is 4.31 Å². The first-order valence-electron chi connectivity index (χ1n) is 7.22. The van der Waals surface area contributed by atoms with E-state index in [0.29, 0.717) is 5.39 Å². The zero-order valence-electron chi connectivity index (χ0n) is 12.4. The molecule has 1 saturated heterocycles. The molecule has 2 aromatic rings. The van der Waals surface area contributed by atoms with Crippen molar-refractivity contribution >= 4 is 26.8 Å². The van der Waals surface area contributed by atoms with Crippen molar-refractivity contribution in [2.75, 3.05) is 13.1 Å². The van der Waals surface area contributed by atoms with Crippen LogP contribution in [-0.4, -0.2) is 36.9 Å². The van der Waals surface area contributed by atoms with E-state index in [1.807, 2.05) is 0 Å². The van der Waals surface area contributed by atoms with Gasteiger partial charge in [-0.1, -0.05) is 37.3 Å². The van der Waals surface area contributed by atoms with Gasteiger partial charge in [-0.15, -0.1) is 0 Å². The molecule has 0 spiro atoms. The molecule has 1 aliphatic rings. The zero-order chi connectivity index (χ0) is 16.8. The third-order valence-corrected chi connectivity index (χ3v) is 6.27. The van der Waals surface area contributed by atoms with Crippen molar-refractivity contribution < 1.29 is 22.7 Å². The van der Waals surface area contributed by atoms with E-state index < -0.39 is 27.7 Å². The highest BCUT2D eigenvalue weighted by atomic mass is 32.2. The van der Waals surface area contributed by atoms with E-state index in [9.17, 15) is 17.6 Å². The third kappa shape index (κ3) is 2.60. The van der Waals surface area contributed by atoms with Crippen molar-refractivity contribution in [3.05, 3.63) is 42.2 Å². The van der Waals surface area contributed by atoms with Crippen molar-refractivity contribution in [2.24, 2.45) is 11.8 Å². The van der Waals surface area contributed by atoms with Gasteiger partial charge in [0.1, 0.15) is 4.90 Å². The van der Waals surface area contributed by atoms with Crippen LogP contribution in [0.1, 0.15) is 6.92 Å². The van der Waals surface area contributed by atoms with Crippen molar-refractivity contribution in [1.29, 1.82) is 0 Å². The number of fused-ring (bicyclic) bond motifs is 1. The summed E-state index contributed by atoms with van der Waals surface area (Å²) in [5, 5.41) is 9.84. The first kappa shape index (κ1) is 15.9. The Labute approximate surface area is 133 Å². The minimum absolute atomic E-state index is 0.0993. The second-order valence-corrected chi connectivity index (χ2v) is 7.71. The van der Waals surface area contributed by atoms with Crippen LogP contribution in [0.15, 0.2) is 41.3 Å². The normalized spacial score (nSPS) is 17.8. The predicted octanol–water partition coefficient (Wildman–Crippen LogP) is 2.32. The molecule has 23 heavy (non-hydrogen) atoms. The number of rotatable bonds is 4. The molecule has 1 N–H and O–H groups in total. The summed E-state index contributed by atoms with van der Waals surface area (Å²) in [6.07, 6.45) is 0. The number of hydrogen-bond donors (Lipinski definition) is 1. The number of halogens is 1. The van der Waals surface area contributed by atoms with Gasteiger partial charge in [0.05, 0.1) is 5.92 Å². The molecule has 3 rings (SSSR count). The molecule has 1 aliphatic heterocycles. The number of sulfonamides is 1. The molecule has 7 heteroatoms. The molecule has 1 unspecified atom stereocenters. The lowest BCUT2D eigenvalue weighted by Crippen LogP contribution is -2.53. The van der Waals surface area contributed by atoms with Crippen molar-refractivity contribution in [3.8, 4) is 0 Å². The molecule has 1 fully saturated rings. The molecule has 0 radical (unpaired) electrons. The average Bonchev–Trinajstić information content (AvgIpc) is 2.45. The molecule has 2 aromatic carbocycles. The molecular formula is C16H16FNO4S. The molecule has 0 aliphatic carbocycles. The van der Waals surface area contributed by atoms with Crippen LogP contribution in [0.25, 0.3) is 10.8 Å². The molecule has 0 saturated carbocycles. The summed E-state index contributed by atoms with van der Waals surface area (Å²) in [6, 6.07) is 9.49. The molecule has 122 valence electrons. The fourth-order valence-electron chi connectivity index (χ4n) is 2.74. The summed E-state index contributed by atoms with van der Waals surface area (Å²) in [6.45, 7) is 1.75. The average molecular weight is 337 g/mol. The monoisotopic (exact) mass is 337 g/mol. The van der Waals surface area contributed by atoms with Gasteiger partial charge in [-0.05, 0) is 17.4 Å². The first-order valence-corrected chi connectivity index (χ1v) is 8.66. The van der Waals surface area contributed by atoms with Crippen LogP contribution in [0, 0.1) is 17.7 Å². The number of carboxylic acid groups (broad SMARTS) is 1. The van der Waals surface area contributed by atoms with Crippen LogP contribution in [-0.2, 0) is 14.8 Å². The first-order chi connectivity index (χ1) is 10.8. The molecule has 0 bridgehead atoms. The standard InChI is InChI=1S/C16H16FNO4S/c1-10(16(19)20)12-8-18(9-12)23(21,22)14-7-6-11-4-2-3-5-13(11)15(14)17/h2-7,10,12H,8-9H2,1H3,(H,19,20). The number of nitrogens with zero attached hydrogens (tertiary/aromatic N) is 1. The van der Waals surface area contributed by atoms with Crippen LogP contribution < -0.4 is 0 Å². The Morgan fingerprint density at radius 1 is 1.26 bits per heavy atom. The maximum atomic E-state index is 14.6. The van der Waals surface area contributed by atoms with Gasteiger partial charge in [0.25, 0.3) is 0 Å². The SMILES string of the molecule is CC(C(=O)O)C1CN(S(=O)(=O)c2ccc3ccccc3c2F)C1. The lowest BCUT2D eigenvalue weighted by molar-refractivity contribution is -0.144. The second-order valence-electron chi connectivity index (χ2n) is 5.81. The summed E-state index contributed by atoms with van der Waals surface area (Å²) in [5.74, 6) is -2.59. The Kier molecular flexibility index (Phi) is 3.85. The second kappa shape index (κ2) is 5.58. The van der Waals surface area contributed by atoms with E-state index in [4.69, 9.17) is 5.11 Å². The quantitative estimate of drug-likeness (QED) is 0.929. The summed E-state index contributed by atoms with van der Waals surface area (Å²) in [4.78, 5) is 10.6. The van der Waals surface area contributed by atoms with Gasteiger partial charge in [0.2, 0.25) is 10.0 Å². The molecular weight excluding hydrogens is 321 g/mol. The molecule has 0 aromatic heterocycles. The minimum atomic E-state index is -3.95. The summed E-state index contributed by atoms with van der Waals surface area (Å²) < 4.78 is 40.8. The highest BCUT2D eigenvalue weighted by molar-refractivity contribution is 7.89. The molecule has 1 atom stereocenters. The summed E-state index contributed by atoms with van der Waals surface area (Å²) in [5.41, 5.74) is 0. The fourth-order valence-corrected chi connectivity index (χ4v) is 4.37. The van der Waals surface area contributed by atoms with Gasteiger partial charge < -0.3 is 5.11 Å². The van der Waals surface area contributed by atoms with Crippen molar-refractivity contribution in [3.63, 3.8) is 0 Å². The maximum Gasteiger partial charge on any atom is 0.306 e. The zero-order valence-corrected chi connectivity index (χ0v) is 13.3. The van der Waals surface area contributed by atoms with Gasteiger partial charge >= 0.3 is 5.97 Å². The van der Waals surface area contributed by atoms with Crippen molar-refractivity contribution in [2.45, 2.75) is 11.8 Å². The Hall–Kier alpha value is -1.99. The predicted molar refractivity (Wildman–Crippen MR) is 83.0 cm³/mol. The Bertz CT molecular complexity index is 875. The lowest BCUT2D eigenvalue weighted by Gasteiger charge is -2.40. The van der Waals surface area contributed by atoms with Gasteiger partial charge in [-0.2, -0.15) is 4.31 Å². The van der Waals surface area contributed by atoms with Crippen LogP contribution >= 0.6 is 0 Å². The van der Waals surface area contributed by atoms with Crippen LogP contribution in [0.4, 0.5) is 4.39 Å². The van der Waals surface area contributed by atoms with Gasteiger partial charge in [0, 0.05) is 18.5 Å². The lowest BCUT2D eigenvalue weighted by atomic mass is 9.89. The molecule has 1 heterocycles. The van der Waals surface area contributed by atoms with E-state index in [2.05, 4.69) is 0 Å². The number of aliphatic carboxylic acids is 1. The van der Waals surface area contributed by atoms with Gasteiger partial charge in [-0.25, -0.2) is 12.8 Å². The Balaban J connectivity index is 1.90. The number of carbonyl (C=O) groups is 1. The maximum absolute atomic E-state index is 14.6. The van der Waals surface area contributed by atoms with E-state index in [1.165, 1.54) is 12.1 Å². The molecule has 0 amide bonds. The third-order valence-electron chi connectivity index (χ3n) is 4.42. The Morgan fingerprint density at radius 3 is 2.57 bits per heavy atom. The minimum Gasteiger partial charge on any atom is -0.481 e. The van der Waals surface area contributed by atoms with Gasteiger partial charge in [-0.3, -0.25) is 4.79 Å². The van der Waals surface area contributed by atoms with E-state index in [1.54, 1.807) is 31.2 Å². The Morgan fingerprint density at radius 2 is 1.91 bits per heavy atom. The highest BCUT2D eigenvalue weighted by Crippen LogP contribution is 2.32. The highest BCUT2D eigenvalue weighted by Gasteiger charge is 2.42. The number of hydrogen-bond acceptors (Lipinski definition) is 3. The topological polar surface area (TPSA) is 74.7 Å². The number of benzene rings is 2. The van der Waals surface area contributed by atoms with Crippen LogP contribution in [0.5, 0.6) is 0 Å². The summed E-state index contributed by atoms with van der Waals surface area (Å²) in [7, 11) is -3.95. The molecule has 5 nitrogen and oxygen atoms in total. The van der Waals surface area contributed by atoms with Gasteiger partial charge in [0.15, 0.2) is 5.82 Å². The van der Waals surface area contributed by atoms with Crippen LogP contribution in [0.3, 0.4) is 0 Å². The van der Waals surface area contributed by atoms with E-state index in [-0.39, 0.29) is 29.3 Å². The smallest absolute Gasteiger partial charge is 0.306 e. The summed E-state index contributed by atoms with van der Waals surface area (Å²) >= 11 is 0. The largest absolute Gasteiger partial charge is 0.481 e. The van der Waals surface area contributed by atoms with E-state index in [0.717, 1.165) is 4.31 Å². The van der Waals surface area contributed by atoms with Crippen LogP contribution in [0.2, 0.25) is 0 Å². The number of carboxylic acids is 1. The fraction of sp³-hybridized carbons (Fsp3) is 0.312. The van der Waals surface area contributed by atoms with E-state index >= 15 is 0 Å².